The molecule has 0 unspecified atom stereocenters. The van der Waals surface area contributed by atoms with E-state index in [1.54, 1.807) is 0 Å². The first-order valence-electron chi connectivity index (χ1n) is 6.43. The van der Waals surface area contributed by atoms with Crippen molar-refractivity contribution in [3.63, 3.8) is 0 Å². The fourth-order valence-corrected chi connectivity index (χ4v) is 6.95. The van der Waals surface area contributed by atoms with Gasteiger partial charge in [0.2, 0.25) is 0 Å². The van der Waals surface area contributed by atoms with Crippen molar-refractivity contribution in [3.05, 3.63) is 23.8 Å². The van der Waals surface area contributed by atoms with Gasteiger partial charge in [0.1, 0.15) is 0 Å². The van der Waals surface area contributed by atoms with Crippen LogP contribution in [0.1, 0.15) is 5.56 Å². The minimum atomic E-state index is 0.562. The van der Waals surface area contributed by atoms with Gasteiger partial charge in [-0.3, -0.25) is 0 Å². The first kappa shape index (κ1) is 7.21. The molecule has 7 rings (SSSR count). The average Bonchev–Trinajstić information content (AvgIpc) is 2.29. The van der Waals surface area contributed by atoms with Gasteiger partial charge < -0.3 is 11.5 Å². The summed E-state index contributed by atoms with van der Waals surface area (Å²) in [5.41, 5.74) is 15.7. The zero-order chi connectivity index (χ0) is 10.4. The molecule has 0 atom stereocenters. The standard InChI is InChI=1S/C14H14N2/c15-4-1-2-5(6(16)3-4)14-11-8-7-9(11)13(14)10(7)12(8)14/h1-3,7-13H,15-16H2. The number of rotatable bonds is 1. The third kappa shape index (κ3) is 0.347. The summed E-state index contributed by atoms with van der Waals surface area (Å²) in [5, 5.41) is 0. The van der Waals surface area contributed by atoms with Crippen LogP contribution in [-0.2, 0) is 5.41 Å². The molecule has 0 spiro atoms. The van der Waals surface area contributed by atoms with Crippen LogP contribution in [0, 0.1) is 41.4 Å². The Morgan fingerprint density at radius 3 is 2.06 bits per heavy atom. The Labute approximate surface area is 94.0 Å². The zero-order valence-electron chi connectivity index (χ0n) is 8.93. The monoisotopic (exact) mass is 210 g/mol. The molecule has 0 aliphatic heterocycles. The maximum atomic E-state index is 6.18. The Balaban J connectivity index is 1.57. The Hall–Kier alpha value is -1.18. The lowest BCUT2D eigenvalue weighted by molar-refractivity contribution is -0.581. The minimum absolute atomic E-state index is 0.562. The van der Waals surface area contributed by atoms with Crippen LogP contribution in [0.15, 0.2) is 18.2 Å². The summed E-state index contributed by atoms with van der Waals surface area (Å²) in [4.78, 5) is 0. The van der Waals surface area contributed by atoms with E-state index in [0.29, 0.717) is 5.41 Å². The normalized spacial score (nSPS) is 64.4. The molecular formula is C14H14N2. The van der Waals surface area contributed by atoms with Gasteiger partial charge in [0.25, 0.3) is 0 Å². The number of nitrogen functional groups attached to an aromatic ring is 2. The smallest absolute Gasteiger partial charge is 0.0373 e. The fourth-order valence-electron chi connectivity index (χ4n) is 6.95. The lowest BCUT2D eigenvalue weighted by atomic mass is 8.96. The maximum absolute atomic E-state index is 6.18. The van der Waals surface area contributed by atoms with Crippen molar-refractivity contribution < 1.29 is 0 Å². The molecule has 6 saturated carbocycles. The largest absolute Gasteiger partial charge is 0.399 e. The molecule has 0 aromatic heterocycles. The van der Waals surface area contributed by atoms with Crippen molar-refractivity contribution >= 4 is 11.4 Å². The molecule has 1 aromatic rings. The predicted molar refractivity (Wildman–Crippen MR) is 61.4 cm³/mol. The van der Waals surface area contributed by atoms with Crippen LogP contribution in [0.3, 0.4) is 0 Å². The van der Waals surface area contributed by atoms with Gasteiger partial charge in [0, 0.05) is 16.8 Å². The molecule has 2 nitrogen and oxygen atoms in total. The number of nitrogens with two attached hydrogens (primary N) is 2. The zero-order valence-corrected chi connectivity index (χ0v) is 8.93. The molecule has 0 bridgehead atoms. The van der Waals surface area contributed by atoms with E-state index < -0.39 is 0 Å². The quantitative estimate of drug-likeness (QED) is 0.690. The van der Waals surface area contributed by atoms with E-state index in [-0.39, 0.29) is 0 Å². The van der Waals surface area contributed by atoms with Crippen LogP contribution in [-0.4, -0.2) is 0 Å². The van der Waals surface area contributed by atoms with Crippen LogP contribution < -0.4 is 11.5 Å². The average molecular weight is 210 g/mol. The predicted octanol–water partition coefficient (Wildman–Crippen LogP) is 1.47. The molecule has 6 fully saturated rings. The number of hydrogen-bond acceptors (Lipinski definition) is 2. The highest BCUT2D eigenvalue weighted by Crippen LogP contribution is 3.05. The summed E-state index contributed by atoms with van der Waals surface area (Å²) in [6.45, 7) is 0. The lowest BCUT2D eigenvalue weighted by Gasteiger charge is -3.08. The molecule has 0 radical (unpaired) electrons. The summed E-state index contributed by atoms with van der Waals surface area (Å²) in [6.07, 6.45) is 0. The molecule has 80 valence electrons. The van der Waals surface area contributed by atoms with E-state index in [1.807, 2.05) is 12.1 Å². The first-order chi connectivity index (χ1) is 7.78. The number of benzene rings is 1. The second kappa shape index (κ2) is 1.59. The highest BCUT2D eigenvalue weighted by Gasteiger charge is 3.04. The van der Waals surface area contributed by atoms with Crippen molar-refractivity contribution in [2.75, 3.05) is 11.5 Å². The first-order valence-corrected chi connectivity index (χ1v) is 6.43. The van der Waals surface area contributed by atoms with Gasteiger partial charge in [-0.05, 0) is 59.1 Å². The summed E-state index contributed by atoms with van der Waals surface area (Å²) in [6, 6.07) is 6.20. The van der Waals surface area contributed by atoms with E-state index >= 15 is 0 Å². The Morgan fingerprint density at radius 2 is 1.50 bits per heavy atom. The fraction of sp³-hybridized carbons (Fsp3) is 0.571. The summed E-state index contributed by atoms with van der Waals surface area (Å²) < 4.78 is 0. The van der Waals surface area contributed by atoms with Crippen LogP contribution in [0.25, 0.3) is 0 Å². The molecule has 6 aliphatic carbocycles. The highest BCUT2D eigenvalue weighted by molar-refractivity contribution is 5.68. The Morgan fingerprint density at radius 1 is 0.875 bits per heavy atom. The molecule has 0 amide bonds. The molecule has 4 N–H and O–H groups in total. The minimum Gasteiger partial charge on any atom is -0.399 e. The van der Waals surface area contributed by atoms with Crippen LogP contribution in [0.2, 0.25) is 0 Å². The molecule has 6 aliphatic rings. The molecule has 16 heavy (non-hydrogen) atoms. The topological polar surface area (TPSA) is 52.0 Å². The van der Waals surface area contributed by atoms with Crippen LogP contribution in [0.4, 0.5) is 11.4 Å². The van der Waals surface area contributed by atoms with Crippen LogP contribution >= 0.6 is 0 Å². The molecule has 2 heteroatoms. The van der Waals surface area contributed by atoms with Gasteiger partial charge in [-0.25, -0.2) is 0 Å². The van der Waals surface area contributed by atoms with Crippen molar-refractivity contribution in [2.24, 2.45) is 41.4 Å². The summed E-state index contributed by atoms with van der Waals surface area (Å²) in [7, 11) is 0. The maximum Gasteiger partial charge on any atom is 0.0373 e. The van der Waals surface area contributed by atoms with Gasteiger partial charge in [-0.1, -0.05) is 6.07 Å². The third-order valence-electron chi connectivity index (χ3n) is 7.02. The Kier molecular flexibility index (Phi) is 0.715. The molecule has 1 aromatic carbocycles. The lowest BCUT2D eigenvalue weighted by Crippen LogP contribution is -3.06. The summed E-state index contributed by atoms with van der Waals surface area (Å²) >= 11 is 0. The van der Waals surface area contributed by atoms with Crippen molar-refractivity contribution in [3.8, 4) is 0 Å². The van der Waals surface area contributed by atoms with E-state index in [0.717, 1.165) is 46.9 Å². The van der Waals surface area contributed by atoms with E-state index in [1.165, 1.54) is 11.5 Å². The van der Waals surface area contributed by atoms with Gasteiger partial charge >= 0.3 is 0 Å². The van der Waals surface area contributed by atoms with Gasteiger partial charge in [-0.2, -0.15) is 0 Å². The van der Waals surface area contributed by atoms with Crippen molar-refractivity contribution in [1.29, 1.82) is 0 Å². The van der Waals surface area contributed by atoms with Gasteiger partial charge in [0.05, 0.1) is 0 Å². The second-order valence-corrected chi connectivity index (χ2v) is 6.67. The van der Waals surface area contributed by atoms with Crippen molar-refractivity contribution in [1.82, 2.24) is 0 Å². The number of anilines is 2. The van der Waals surface area contributed by atoms with Gasteiger partial charge in [0.15, 0.2) is 0 Å². The second-order valence-electron chi connectivity index (χ2n) is 6.67. The van der Waals surface area contributed by atoms with E-state index in [4.69, 9.17) is 11.5 Å². The summed E-state index contributed by atoms with van der Waals surface area (Å²) in [5.74, 6) is 7.64. The number of hydrogen-bond donors (Lipinski definition) is 2. The van der Waals surface area contributed by atoms with Gasteiger partial charge in [-0.15, -0.1) is 0 Å². The van der Waals surface area contributed by atoms with Crippen molar-refractivity contribution in [2.45, 2.75) is 5.41 Å². The molecule has 0 saturated heterocycles. The molecular weight excluding hydrogens is 196 g/mol. The van der Waals surface area contributed by atoms with E-state index in [9.17, 15) is 0 Å². The Bertz CT molecular complexity index is 525. The SMILES string of the molecule is Nc1ccc(C23C4C5C6C4C2C6C53)c(N)c1. The molecule has 0 heterocycles. The van der Waals surface area contributed by atoms with E-state index in [2.05, 4.69) is 6.07 Å². The highest BCUT2D eigenvalue weighted by atomic mass is 15.1. The van der Waals surface area contributed by atoms with Crippen LogP contribution in [0.5, 0.6) is 0 Å². The third-order valence-corrected chi connectivity index (χ3v) is 7.02.